The van der Waals surface area contributed by atoms with E-state index in [4.69, 9.17) is 9.47 Å². The van der Waals surface area contributed by atoms with Crippen LogP contribution in [0.5, 0.6) is 5.75 Å². The second kappa shape index (κ2) is 7.40. The average Bonchev–Trinajstić information content (AvgIpc) is 2.97. The molecule has 0 N–H and O–H groups in total. The fourth-order valence-corrected chi connectivity index (χ4v) is 1.88. The van der Waals surface area contributed by atoms with Crippen LogP contribution in [-0.2, 0) is 11.3 Å². The lowest BCUT2D eigenvalue weighted by Crippen LogP contribution is -2.34. The van der Waals surface area contributed by atoms with Crippen molar-refractivity contribution < 1.29 is 23.6 Å². The molecule has 0 atom stereocenters. The second-order valence-corrected chi connectivity index (χ2v) is 4.67. The first-order chi connectivity index (χ1) is 10.6. The number of carbonyl (C=O) groups is 2. The van der Waals surface area contributed by atoms with E-state index in [0.29, 0.717) is 31.1 Å². The highest BCUT2D eigenvalue weighted by atomic mass is 16.5. The molecule has 22 heavy (non-hydrogen) atoms. The van der Waals surface area contributed by atoms with Gasteiger partial charge in [0.1, 0.15) is 31.3 Å². The Morgan fingerprint density at radius 3 is 2.55 bits per heavy atom. The molecule has 1 aromatic carbocycles. The molecule has 2 aromatic rings. The Balaban J connectivity index is 1.83. The number of nitrogens with zero attached hydrogens (tertiary/aromatic N) is 2. The molecule has 0 radical (unpaired) electrons. The van der Waals surface area contributed by atoms with Crippen LogP contribution in [0.3, 0.4) is 0 Å². The van der Waals surface area contributed by atoms with Gasteiger partial charge in [-0.15, -0.1) is 0 Å². The molecule has 0 spiro atoms. The molecule has 6 heteroatoms. The van der Waals surface area contributed by atoms with Gasteiger partial charge in [0.25, 0.3) is 6.33 Å². The standard InChI is InChI=1S/C16H19N2O4/c1-3-21-16(20)14-4-6-15(7-5-14)22-11-10-17-8-9-18(12-17)13(2)19/h4-9,12H,3,10-11H2,1-2H3/q+1. The van der Waals surface area contributed by atoms with Crippen molar-refractivity contribution in [1.29, 1.82) is 0 Å². The van der Waals surface area contributed by atoms with Crippen LogP contribution >= 0.6 is 0 Å². The molecule has 0 saturated carbocycles. The highest BCUT2D eigenvalue weighted by Crippen LogP contribution is 2.12. The van der Waals surface area contributed by atoms with Crippen molar-refractivity contribution in [3.63, 3.8) is 0 Å². The van der Waals surface area contributed by atoms with Gasteiger partial charge in [0.2, 0.25) is 0 Å². The quantitative estimate of drug-likeness (QED) is 0.602. The largest absolute Gasteiger partial charge is 0.489 e. The number of hydrogen-bond acceptors (Lipinski definition) is 4. The summed E-state index contributed by atoms with van der Waals surface area (Å²) in [5, 5.41) is 0. The lowest BCUT2D eigenvalue weighted by molar-refractivity contribution is -0.696. The highest BCUT2D eigenvalue weighted by Gasteiger charge is 2.08. The van der Waals surface area contributed by atoms with Crippen molar-refractivity contribution in [2.45, 2.75) is 20.4 Å². The Bertz CT molecular complexity index is 646. The minimum Gasteiger partial charge on any atom is -0.489 e. The molecule has 1 aromatic heterocycles. The molecule has 0 aliphatic heterocycles. The zero-order valence-electron chi connectivity index (χ0n) is 12.7. The number of aromatic nitrogens is 2. The van der Waals surface area contributed by atoms with Crippen LogP contribution in [0.25, 0.3) is 0 Å². The maximum Gasteiger partial charge on any atom is 0.338 e. The third-order valence-corrected chi connectivity index (χ3v) is 3.04. The van der Waals surface area contributed by atoms with Crippen LogP contribution in [0.15, 0.2) is 43.0 Å². The van der Waals surface area contributed by atoms with E-state index in [1.807, 2.05) is 10.8 Å². The molecule has 0 aliphatic rings. The van der Waals surface area contributed by atoms with Crippen LogP contribution in [0, 0.1) is 0 Å². The van der Waals surface area contributed by atoms with Gasteiger partial charge in [0.15, 0.2) is 0 Å². The van der Waals surface area contributed by atoms with Crippen LogP contribution in [-0.4, -0.2) is 29.7 Å². The van der Waals surface area contributed by atoms with E-state index >= 15 is 0 Å². The Hall–Kier alpha value is -2.63. The zero-order valence-corrected chi connectivity index (χ0v) is 12.7. The van der Waals surface area contributed by atoms with Crippen LogP contribution in [0.4, 0.5) is 0 Å². The molecule has 6 nitrogen and oxygen atoms in total. The van der Waals surface area contributed by atoms with Crippen LogP contribution in [0.2, 0.25) is 0 Å². The Morgan fingerprint density at radius 1 is 1.23 bits per heavy atom. The highest BCUT2D eigenvalue weighted by molar-refractivity contribution is 5.89. The minimum atomic E-state index is -0.338. The lowest BCUT2D eigenvalue weighted by atomic mass is 10.2. The molecule has 0 aliphatic carbocycles. The van der Waals surface area contributed by atoms with Crippen molar-refractivity contribution in [2.24, 2.45) is 0 Å². The van der Waals surface area contributed by atoms with Gasteiger partial charge in [0.05, 0.1) is 12.2 Å². The van der Waals surface area contributed by atoms with E-state index in [9.17, 15) is 9.59 Å². The van der Waals surface area contributed by atoms with Crippen molar-refractivity contribution in [3.8, 4) is 5.75 Å². The number of benzene rings is 1. The van der Waals surface area contributed by atoms with E-state index in [-0.39, 0.29) is 11.9 Å². The van der Waals surface area contributed by atoms with Crippen molar-refractivity contribution >= 4 is 11.9 Å². The van der Waals surface area contributed by atoms with E-state index < -0.39 is 0 Å². The summed E-state index contributed by atoms with van der Waals surface area (Å²) in [6.45, 7) is 4.72. The topological polar surface area (TPSA) is 61.4 Å². The monoisotopic (exact) mass is 303 g/mol. The SMILES string of the molecule is CCOC(=O)c1ccc(OCC[n+]2ccn(C(C)=O)c2)cc1. The fourth-order valence-electron chi connectivity index (χ4n) is 1.88. The summed E-state index contributed by atoms with van der Waals surface area (Å²) in [6.07, 6.45) is 5.24. The zero-order chi connectivity index (χ0) is 15.9. The summed E-state index contributed by atoms with van der Waals surface area (Å²) < 4.78 is 13.9. The molecule has 0 amide bonds. The maximum atomic E-state index is 11.5. The first-order valence-corrected chi connectivity index (χ1v) is 7.08. The lowest BCUT2D eigenvalue weighted by Gasteiger charge is -2.06. The second-order valence-electron chi connectivity index (χ2n) is 4.67. The van der Waals surface area contributed by atoms with Crippen LogP contribution < -0.4 is 9.30 Å². The van der Waals surface area contributed by atoms with Gasteiger partial charge >= 0.3 is 11.9 Å². The van der Waals surface area contributed by atoms with Gasteiger partial charge in [-0.05, 0) is 31.2 Å². The van der Waals surface area contributed by atoms with Gasteiger partial charge in [-0.1, -0.05) is 0 Å². The summed E-state index contributed by atoms with van der Waals surface area (Å²) in [7, 11) is 0. The summed E-state index contributed by atoms with van der Waals surface area (Å²) in [6, 6.07) is 6.81. The van der Waals surface area contributed by atoms with E-state index in [0.717, 1.165) is 0 Å². The number of carbonyl (C=O) groups excluding carboxylic acids is 2. The third kappa shape index (κ3) is 4.18. The van der Waals surface area contributed by atoms with Crippen molar-refractivity contribution in [2.75, 3.05) is 13.2 Å². The molecule has 0 fully saturated rings. The average molecular weight is 303 g/mol. The van der Waals surface area contributed by atoms with Crippen molar-refractivity contribution in [1.82, 2.24) is 4.57 Å². The van der Waals surface area contributed by atoms with Crippen LogP contribution in [0.1, 0.15) is 29.0 Å². The van der Waals surface area contributed by atoms with Crippen molar-refractivity contribution in [3.05, 3.63) is 48.5 Å². The smallest absolute Gasteiger partial charge is 0.338 e. The number of ether oxygens (including phenoxy) is 2. The molecule has 0 saturated heterocycles. The first-order valence-electron chi connectivity index (χ1n) is 7.08. The Kier molecular flexibility index (Phi) is 5.30. The molecule has 2 rings (SSSR count). The number of esters is 1. The predicted molar refractivity (Wildman–Crippen MR) is 78.8 cm³/mol. The van der Waals surface area contributed by atoms with Gasteiger partial charge in [-0.2, -0.15) is 4.57 Å². The molecule has 0 bridgehead atoms. The summed E-state index contributed by atoms with van der Waals surface area (Å²) in [5.74, 6) is 0.309. The molecular formula is C16H19N2O4+. The predicted octanol–water partition coefficient (Wildman–Crippen LogP) is 1.69. The Morgan fingerprint density at radius 2 is 1.95 bits per heavy atom. The van der Waals surface area contributed by atoms with E-state index in [1.54, 1.807) is 43.7 Å². The fraction of sp³-hybridized carbons (Fsp3) is 0.312. The van der Waals surface area contributed by atoms with Gasteiger partial charge in [0, 0.05) is 6.92 Å². The number of rotatable bonds is 6. The summed E-state index contributed by atoms with van der Waals surface area (Å²) in [4.78, 5) is 22.7. The number of imidazole rings is 1. The summed E-state index contributed by atoms with van der Waals surface area (Å²) >= 11 is 0. The van der Waals surface area contributed by atoms with Gasteiger partial charge < -0.3 is 9.47 Å². The normalized spacial score (nSPS) is 10.3. The van der Waals surface area contributed by atoms with E-state index in [1.165, 1.54) is 11.5 Å². The van der Waals surface area contributed by atoms with E-state index in [2.05, 4.69) is 0 Å². The molecular weight excluding hydrogens is 284 g/mol. The first kappa shape index (κ1) is 15.8. The maximum absolute atomic E-state index is 11.5. The minimum absolute atomic E-state index is 0.0331. The molecule has 116 valence electrons. The summed E-state index contributed by atoms with van der Waals surface area (Å²) in [5.41, 5.74) is 0.502. The van der Waals surface area contributed by atoms with Gasteiger partial charge in [-0.25, -0.2) is 14.2 Å². The molecule has 0 unspecified atom stereocenters. The Labute approximate surface area is 128 Å². The molecule has 1 heterocycles. The van der Waals surface area contributed by atoms with Gasteiger partial charge in [-0.3, -0.25) is 0 Å². The number of hydrogen-bond donors (Lipinski definition) is 0. The third-order valence-electron chi connectivity index (χ3n) is 3.04.